The summed E-state index contributed by atoms with van der Waals surface area (Å²) in [6.45, 7) is -0.587. The zero-order valence-electron chi connectivity index (χ0n) is 26.7. The first kappa shape index (κ1) is 35.3. The topological polar surface area (TPSA) is 96.0 Å². The molecule has 0 bridgehead atoms. The maximum absolute atomic E-state index is 14.7. The first-order valence-corrected chi connectivity index (χ1v) is 18.1. The summed E-state index contributed by atoms with van der Waals surface area (Å²) in [5.41, 5.74) is 1.74. The summed E-state index contributed by atoms with van der Waals surface area (Å²) in [6.07, 6.45) is 5.11. The molecule has 252 valence electrons. The van der Waals surface area contributed by atoms with Crippen LogP contribution in [-0.4, -0.2) is 50.9 Å². The predicted octanol–water partition coefficient (Wildman–Crippen LogP) is 7.29. The lowest BCUT2D eigenvalue weighted by Crippen LogP contribution is -2.55. The Balaban J connectivity index is 1.58. The molecule has 0 radical (unpaired) electrons. The van der Waals surface area contributed by atoms with Gasteiger partial charge in [0.25, 0.3) is 10.0 Å². The van der Waals surface area contributed by atoms with Crippen molar-refractivity contribution in [2.24, 2.45) is 0 Å². The van der Waals surface area contributed by atoms with Crippen LogP contribution in [-0.2, 0) is 32.6 Å². The van der Waals surface area contributed by atoms with Crippen molar-refractivity contribution in [3.63, 3.8) is 0 Å². The van der Waals surface area contributed by atoms with E-state index in [-0.39, 0.29) is 35.5 Å². The number of methoxy groups -OCH3 is 1. The van der Waals surface area contributed by atoms with Crippen LogP contribution in [0.1, 0.15) is 43.2 Å². The Morgan fingerprint density at radius 3 is 2.19 bits per heavy atom. The van der Waals surface area contributed by atoms with E-state index in [1.54, 1.807) is 60.7 Å². The fraction of sp³-hybridized carbons (Fsp3) is 0.297. The molecule has 2 amide bonds. The van der Waals surface area contributed by atoms with Crippen LogP contribution in [0.15, 0.2) is 108 Å². The SMILES string of the molecule is COc1cccc(N(CC(=O)N(Cc2ccc(Cl)c(Cl)c2)[C@@H](Cc2ccccc2)C(=O)NC2CCCCC2)S(=O)(=O)c2ccccc2)c1. The van der Waals surface area contributed by atoms with Gasteiger partial charge in [0, 0.05) is 25.1 Å². The fourth-order valence-electron chi connectivity index (χ4n) is 5.95. The molecule has 1 aliphatic rings. The number of carbonyl (C=O) groups is 2. The summed E-state index contributed by atoms with van der Waals surface area (Å²) in [5.74, 6) is -0.434. The number of hydrogen-bond donors (Lipinski definition) is 1. The lowest BCUT2D eigenvalue weighted by Gasteiger charge is -2.35. The van der Waals surface area contributed by atoms with Gasteiger partial charge in [0.15, 0.2) is 0 Å². The van der Waals surface area contributed by atoms with Gasteiger partial charge in [-0.25, -0.2) is 8.42 Å². The van der Waals surface area contributed by atoms with Crippen LogP contribution < -0.4 is 14.4 Å². The molecular weight excluding hydrogens is 669 g/mol. The molecule has 0 unspecified atom stereocenters. The molecule has 1 aliphatic carbocycles. The second-order valence-electron chi connectivity index (χ2n) is 11.8. The lowest BCUT2D eigenvalue weighted by molar-refractivity contribution is -0.140. The van der Waals surface area contributed by atoms with Gasteiger partial charge in [-0.1, -0.05) is 103 Å². The molecular formula is C37H39Cl2N3O5S. The number of sulfonamides is 1. The van der Waals surface area contributed by atoms with Crippen LogP contribution in [0.25, 0.3) is 0 Å². The fourth-order valence-corrected chi connectivity index (χ4v) is 7.69. The highest BCUT2D eigenvalue weighted by molar-refractivity contribution is 7.92. The molecule has 1 N–H and O–H groups in total. The molecule has 0 spiro atoms. The summed E-state index contributed by atoms with van der Waals surface area (Å²) >= 11 is 12.6. The minimum absolute atomic E-state index is 0.00167. The quantitative estimate of drug-likeness (QED) is 0.158. The second kappa shape index (κ2) is 16.4. The van der Waals surface area contributed by atoms with Crippen molar-refractivity contribution in [1.82, 2.24) is 10.2 Å². The monoisotopic (exact) mass is 707 g/mol. The first-order chi connectivity index (χ1) is 23.2. The Morgan fingerprint density at radius 1 is 0.833 bits per heavy atom. The van der Waals surface area contributed by atoms with Crippen LogP contribution in [0.4, 0.5) is 5.69 Å². The molecule has 8 nitrogen and oxygen atoms in total. The molecule has 0 aromatic heterocycles. The number of nitrogens with one attached hydrogen (secondary N) is 1. The highest BCUT2D eigenvalue weighted by Gasteiger charge is 2.35. The van der Waals surface area contributed by atoms with Gasteiger partial charge in [0.1, 0.15) is 18.3 Å². The summed E-state index contributed by atoms with van der Waals surface area (Å²) in [5, 5.41) is 3.87. The van der Waals surface area contributed by atoms with Gasteiger partial charge in [-0.2, -0.15) is 0 Å². The summed E-state index contributed by atoms with van der Waals surface area (Å²) in [6, 6.07) is 28.0. The minimum Gasteiger partial charge on any atom is -0.497 e. The standard InChI is InChI=1S/C37H39Cl2N3O5S/c1-47-31-17-11-16-30(24-31)42(48(45,46)32-18-9-4-10-19-32)26-36(43)41(25-28-20-21-33(38)34(39)22-28)35(23-27-12-5-2-6-13-27)37(44)40-29-14-7-3-8-15-29/h2,4-6,9-13,16-22,24,29,35H,3,7-8,14-15,23,25-26H2,1H3,(H,40,44)/t35-/m0/s1. The van der Waals surface area contributed by atoms with Gasteiger partial charge in [-0.15, -0.1) is 0 Å². The largest absolute Gasteiger partial charge is 0.497 e. The van der Waals surface area contributed by atoms with Crippen LogP contribution >= 0.6 is 23.2 Å². The van der Waals surface area contributed by atoms with E-state index in [1.807, 2.05) is 30.3 Å². The van der Waals surface area contributed by atoms with E-state index in [4.69, 9.17) is 27.9 Å². The molecule has 1 atom stereocenters. The zero-order valence-corrected chi connectivity index (χ0v) is 29.1. The van der Waals surface area contributed by atoms with E-state index in [9.17, 15) is 18.0 Å². The summed E-state index contributed by atoms with van der Waals surface area (Å²) < 4.78 is 34.8. The maximum Gasteiger partial charge on any atom is 0.264 e. The molecule has 0 heterocycles. The number of benzene rings is 4. The number of carbonyl (C=O) groups excluding carboxylic acids is 2. The second-order valence-corrected chi connectivity index (χ2v) is 14.5. The van der Waals surface area contributed by atoms with Crippen molar-refractivity contribution < 1.29 is 22.7 Å². The van der Waals surface area contributed by atoms with Crippen molar-refractivity contribution in [3.05, 3.63) is 124 Å². The molecule has 0 aliphatic heterocycles. The Bertz CT molecular complexity index is 1800. The predicted molar refractivity (Wildman–Crippen MR) is 190 cm³/mol. The number of nitrogens with zero attached hydrogens (tertiary/aromatic N) is 2. The lowest BCUT2D eigenvalue weighted by atomic mass is 9.94. The van der Waals surface area contributed by atoms with Gasteiger partial charge in [0.05, 0.1) is 27.7 Å². The number of ether oxygens (including phenoxy) is 1. The Labute approximate surface area is 292 Å². The average Bonchev–Trinajstić information content (AvgIpc) is 3.11. The number of halogens is 2. The van der Waals surface area contributed by atoms with E-state index in [1.165, 1.54) is 24.1 Å². The maximum atomic E-state index is 14.7. The van der Waals surface area contributed by atoms with E-state index in [0.29, 0.717) is 21.4 Å². The Hall–Kier alpha value is -4.05. The van der Waals surface area contributed by atoms with Crippen molar-refractivity contribution in [1.29, 1.82) is 0 Å². The molecule has 5 rings (SSSR count). The normalized spacial score (nSPS) is 14.1. The average molecular weight is 709 g/mol. The third kappa shape index (κ3) is 8.89. The van der Waals surface area contributed by atoms with Crippen molar-refractivity contribution in [2.75, 3.05) is 18.0 Å². The molecule has 1 saturated carbocycles. The van der Waals surface area contributed by atoms with Gasteiger partial charge in [-0.3, -0.25) is 13.9 Å². The number of hydrogen-bond acceptors (Lipinski definition) is 5. The number of rotatable bonds is 13. The highest BCUT2D eigenvalue weighted by atomic mass is 35.5. The smallest absolute Gasteiger partial charge is 0.264 e. The van der Waals surface area contributed by atoms with Gasteiger partial charge < -0.3 is 15.0 Å². The van der Waals surface area contributed by atoms with Crippen molar-refractivity contribution >= 4 is 50.7 Å². The number of anilines is 1. The van der Waals surface area contributed by atoms with E-state index in [2.05, 4.69) is 5.32 Å². The van der Waals surface area contributed by atoms with Crippen LogP contribution in [0.2, 0.25) is 10.0 Å². The summed E-state index contributed by atoms with van der Waals surface area (Å²) in [7, 11) is -2.74. The van der Waals surface area contributed by atoms with Gasteiger partial charge in [-0.05, 0) is 60.4 Å². The third-order valence-electron chi connectivity index (χ3n) is 8.51. The summed E-state index contributed by atoms with van der Waals surface area (Å²) in [4.78, 5) is 30.4. The van der Waals surface area contributed by atoms with Crippen LogP contribution in [0.3, 0.4) is 0 Å². The van der Waals surface area contributed by atoms with Crippen molar-refractivity contribution in [2.45, 2.75) is 62.0 Å². The highest BCUT2D eigenvalue weighted by Crippen LogP contribution is 2.29. The first-order valence-electron chi connectivity index (χ1n) is 16.0. The number of amides is 2. The van der Waals surface area contributed by atoms with Crippen molar-refractivity contribution in [3.8, 4) is 5.75 Å². The Kier molecular flexibility index (Phi) is 12.0. The third-order valence-corrected chi connectivity index (χ3v) is 11.0. The minimum atomic E-state index is -4.23. The molecule has 4 aromatic carbocycles. The van der Waals surface area contributed by atoms with E-state index in [0.717, 1.165) is 42.0 Å². The van der Waals surface area contributed by atoms with Gasteiger partial charge >= 0.3 is 0 Å². The molecule has 0 saturated heterocycles. The molecule has 4 aromatic rings. The Morgan fingerprint density at radius 2 is 1.52 bits per heavy atom. The molecule has 48 heavy (non-hydrogen) atoms. The molecule has 11 heteroatoms. The van der Waals surface area contributed by atoms with E-state index >= 15 is 0 Å². The van der Waals surface area contributed by atoms with Crippen LogP contribution in [0, 0.1) is 0 Å². The zero-order chi connectivity index (χ0) is 34.1. The van der Waals surface area contributed by atoms with Crippen LogP contribution in [0.5, 0.6) is 5.75 Å². The molecule has 1 fully saturated rings. The van der Waals surface area contributed by atoms with E-state index < -0.39 is 28.5 Å². The van der Waals surface area contributed by atoms with Gasteiger partial charge in [0.2, 0.25) is 11.8 Å².